The Morgan fingerprint density at radius 2 is 1.58 bits per heavy atom. The fraction of sp³-hybridized carbons (Fsp3) is 0.381. The van der Waals surface area contributed by atoms with Crippen LogP contribution in [0.1, 0.15) is 11.1 Å². The predicted molar refractivity (Wildman–Crippen MR) is 97.9 cm³/mol. The van der Waals surface area contributed by atoms with Gasteiger partial charge in [-0.3, -0.25) is 4.79 Å². The van der Waals surface area contributed by atoms with Gasteiger partial charge in [0.1, 0.15) is 5.75 Å². The maximum absolute atomic E-state index is 12.3. The van der Waals surface area contributed by atoms with E-state index in [2.05, 4.69) is 0 Å². The van der Waals surface area contributed by atoms with Crippen LogP contribution in [0.25, 0.3) is 0 Å². The lowest BCUT2D eigenvalue weighted by atomic mass is 9.85. The average molecular weight is 356 g/mol. The van der Waals surface area contributed by atoms with Crippen molar-refractivity contribution in [1.29, 1.82) is 0 Å². The lowest BCUT2D eigenvalue weighted by molar-refractivity contribution is -0.141. The molecule has 138 valence electrons. The normalized spacial score (nSPS) is 19.1. The van der Waals surface area contributed by atoms with Crippen molar-refractivity contribution in [3.8, 4) is 17.2 Å². The van der Waals surface area contributed by atoms with Crippen molar-refractivity contribution >= 4 is 5.97 Å². The summed E-state index contributed by atoms with van der Waals surface area (Å²) >= 11 is 0. The molecule has 1 saturated heterocycles. The van der Waals surface area contributed by atoms with Crippen molar-refractivity contribution in [2.75, 3.05) is 27.9 Å². The standard InChI is InChI=1S/C21H24O5/c1-23-17-7-4-14(5-8-17)10-16-13-26-21(22)18(16)11-15-6-9-19(24-2)20(12-15)25-3/h4-9,12,16,18H,10-11,13H2,1-3H3. The largest absolute Gasteiger partial charge is 0.497 e. The summed E-state index contributed by atoms with van der Waals surface area (Å²) in [5, 5.41) is 0. The van der Waals surface area contributed by atoms with E-state index in [1.165, 1.54) is 5.56 Å². The number of esters is 1. The topological polar surface area (TPSA) is 54.0 Å². The summed E-state index contributed by atoms with van der Waals surface area (Å²) in [5.41, 5.74) is 2.21. The van der Waals surface area contributed by atoms with Gasteiger partial charge in [-0.2, -0.15) is 0 Å². The summed E-state index contributed by atoms with van der Waals surface area (Å²) in [5.74, 6) is 2.05. The molecule has 26 heavy (non-hydrogen) atoms. The monoisotopic (exact) mass is 356 g/mol. The highest BCUT2D eigenvalue weighted by Gasteiger charge is 2.36. The Labute approximate surface area is 153 Å². The third-order valence-corrected chi connectivity index (χ3v) is 4.87. The van der Waals surface area contributed by atoms with Crippen LogP contribution in [0.2, 0.25) is 0 Å². The van der Waals surface area contributed by atoms with E-state index in [4.69, 9.17) is 18.9 Å². The molecule has 5 nitrogen and oxygen atoms in total. The molecule has 2 atom stereocenters. The zero-order chi connectivity index (χ0) is 18.5. The van der Waals surface area contributed by atoms with Crippen LogP contribution in [0.5, 0.6) is 17.2 Å². The van der Waals surface area contributed by atoms with Crippen molar-refractivity contribution < 1.29 is 23.7 Å². The minimum atomic E-state index is -0.157. The highest BCUT2D eigenvalue weighted by Crippen LogP contribution is 2.33. The molecule has 1 fully saturated rings. The second-order valence-corrected chi connectivity index (χ2v) is 6.44. The van der Waals surface area contributed by atoms with Crippen LogP contribution in [0, 0.1) is 11.8 Å². The Morgan fingerprint density at radius 3 is 2.23 bits per heavy atom. The van der Waals surface area contributed by atoms with E-state index in [9.17, 15) is 4.79 Å². The van der Waals surface area contributed by atoms with E-state index in [0.717, 1.165) is 17.7 Å². The third kappa shape index (κ3) is 3.93. The third-order valence-electron chi connectivity index (χ3n) is 4.87. The van der Waals surface area contributed by atoms with E-state index in [-0.39, 0.29) is 17.8 Å². The van der Waals surface area contributed by atoms with Crippen LogP contribution in [0.4, 0.5) is 0 Å². The Hall–Kier alpha value is -2.69. The number of hydrogen-bond donors (Lipinski definition) is 0. The zero-order valence-electron chi connectivity index (χ0n) is 15.4. The van der Waals surface area contributed by atoms with Gasteiger partial charge in [0.2, 0.25) is 0 Å². The zero-order valence-corrected chi connectivity index (χ0v) is 15.4. The second kappa shape index (κ2) is 8.13. The number of carbonyl (C=O) groups is 1. The maximum Gasteiger partial charge on any atom is 0.309 e. The molecule has 0 radical (unpaired) electrons. The van der Waals surface area contributed by atoms with E-state index in [1.807, 2.05) is 42.5 Å². The van der Waals surface area contributed by atoms with Crippen LogP contribution in [-0.2, 0) is 22.4 Å². The lowest BCUT2D eigenvalue weighted by Crippen LogP contribution is -2.20. The molecule has 1 aliphatic rings. The van der Waals surface area contributed by atoms with Crippen molar-refractivity contribution in [3.05, 3.63) is 53.6 Å². The maximum atomic E-state index is 12.3. The quantitative estimate of drug-likeness (QED) is 0.713. The molecule has 0 aliphatic carbocycles. The minimum absolute atomic E-state index is 0.127. The first-order valence-electron chi connectivity index (χ1n) is 8.65. The molecular weight excluding hydrogens is 332 g/mol. The van der Waals surface area contributed by atoms with Crippen molar-refractivity contribution in [2.24, 2.45) is 11.8 Å². The van der Waals surface area contributed by atoms with Gasteiger partial charge in [0.05, 0.1) is 33.9 Å². The van der Waals surface area contributed by atoms with Gasteiger partial charge in [-0.1, -0.05) is 18.2 Å². The van der Waals surface area contributed by atoms with Crippen molar-refractivity contribution in [2.45, 2.75) is 12.8 Å². The van der Waals surface area contributed by atoms with Gasteiger partial charge in [0.15, 0.2) is 11.5 Å². The Kier molecular flexibility index (Phi) is 5.66. The molecule has 0 bridgehead atoms. The number of rotatable bonds is 7. The fourth-order valence-corrected chi connectivity index (χ4v) is 3.38. The predicted octanol–water partition coefficient (Wildman–Crippen LogP) is 3.29. The van der Waals surface area contributed by atoms with E-state index in [0.29, 0.717) is 24.5 Å². The van der Waals surface area contributed by atoms with Crippen molar-refractivity contribution in [1.82, 2.24) is 0 Å². The molecule has 0 aromatic heterocycles. The van der Waals surface area contributed by atoms with Crippen LogP contribution >= 0.6 is 0 Å². The molecule has 0 spiro atoms. The number of carbonyl (C=O) groups excluding carboxylic acids is 1. The Bertz CT molecular complexity index is 753. The lowest BCUT2D eigenvalue weighted by Gasteiger charge is -2.16. The van der Waals surface area contributed by atoms with Crippen LogP contribution < -0.4 is 14.2 Å². The molecule has 0 saturated carbocycles. The number of benzene rings is 2. The molecule has 0 N–H and O–H groups in total. The SMILES string of the molecule is COc1ccc(CC2COC(=O)C2Cc2ccc(OC)c(OC)c2)cc1. The van der Waals surface area contributed by atoms with E-state index < -0.39 is 0 Å². The molecule has 2 unspecified atom stereocenters. The number of hydrogen-bond acceptors (Lipinski definition) is 5. The van der Waals surface area contributed by atoms with Gasteiger partial charge in [-0.15, -0.1) is 0 Å². The fourth-order valence-electron chi connectivity index (χ4n) is 3.38. The summed E-state index contributed by atoms with van der Waals surface area (Å²) in [6, 6.07) is 13.7. The van der Waals surface area contributed by atoms with E-state index in [1.54, 1.807) is 21.3 Å². The number of cyclic esters (lactones) is 1. The van der Waals surface area contributed by atoms with Gasteiger partial charge in [0.25, 0.3) is 0 Å². The van der Waals surface area contributed by atoms with Gasteiger partial charge in [-0.05, 0) is 48.2 Å². The van der Waals surface area contributed by atoms with Gasteiger partial charge < -0.3 is 18.9 Å². The summed E-state index contributed by atoms with van der Waals surface area (Å²) < 4.78 is 21.2. The Balaban J connectivity index is 1.73. The number of methoxy groups -OCH3 is 3. The number of ether oxygens (including phenoxy) is 4. The molecule has 1 heterocycles. The average Bonchev–Trinajstić information content (AvgIpc) is 3.02. The Morgan fingerprint density at radius 1 is 0.885 bits per heavy atom. The van der Waals surface area contributed by atoms with Crippen LogP contribution in [0.15, 0.2) is 42.5 Å². The molecule has 2 aromatic carbocycles. The van der Waals surface area contributed by atoms with Gasteiger partial charge in [-0.25, -0.2) is 0 Å². The highest BCUT2D eigenvalue weighted by atomic mass is 16.5. The van der Waals surface area contributed by atoms with Crippen molar-refractivity contribution in [3.63, 3.8) is 0 Å². The first kappa shape index (κ1) is 18.1. The van der Waals surface area contributed by atoms with Crippen LogP contribution in [0.3, 0.4) is 0 Å². The van der Waals surface area contributed by atoms with Gasteiger partial charge >= 0.3 is 5.97 Å². The second-order valence-electron chi connectivity index (χ2n) is 6.44. The molecular formula is C21H24O5. The van der Waals surface area contributed by atoms with Gasteiger partial charge in [0, 0.05) is 5.92 Å². The molecule has 3 rings (SSSR count). The summed E-state index contributed by atoms with van der Waals surface area (Å²) in [7, 11) is 4.87. The minimum Gasteiger partial charge on any atom is -0.497 e. The first-order chi connectivity index (χ1) is 12.6. The molecule has 1 aliphatic heterocycles. The van der Waals surface area contributed by atoms with E-state index >= 15 is 0 Å². The summed E-state index contributed by atoms with van der Waals surface area (Å²) in [6.07, 6.45) is 1.42. The first-order valence-corrected chi connectivity index (χ1v) is 8.65. The summed E-state index contributed by atoms with van der Waals surface area (Å²) in [4.78, 5) is 12.3. The molecule has 5 heteroatoms. The molecule has 0 amide bonds. The summed E-state index contributed by atoms with van der Waals surface area (Å²) in [6.45, 7) is 0.461. The smallest absolute Gasteiger partial charge is 0.309 e. The highest BCUT2D eigenvalue weighted by molar-refractivity contribution is 5.75. The molecule has 2 aromatic rings. The van der Waals surface area contributed by atoms with Crippen LogP contribution in [-0.4, -0.2) is 33.9 Å².